The number of carboxylic acid groups (broad SMARTS) is 1. The van der Waals surface area contributed by atoms with Crippen molar-refractivity contribution in [2.75, 3.05) is 0 Å². The van der Waals surface area contributed by atoms with E-state index in [0.29, 0.717) is 5.02 Å². The molecule has 2 N–H and O–H groups in total. The molecule has 0 fully saturated rings. The average molecular weight is 256 g/mol. The fourth-order valence-electron chi connectivity index (χ4n) is 1.69. The van der Waals surface area contributed by atoms with Crippen molar-refractivity contribution in [3.05, 3.63) is 34.9 Å². The SMILES string of the molecule is CC(C)C(N[C@@H](C)c1cccc(Cl)c1)C(=O)O. The molecule has 17 heavy (non-hydrogen) atoms. The maximum absolute atomic E-state index is 11.1. The lowest BCUT2D eigenvalue weighted by Crippen LogP contribution is -2.42. The molecule has 1 aromatic rings. The molecule has 2 atom stereocenters. The third-order valence-electron chi connectivity index (χ3n) is 2.71. The Balaban J connectivity index is 2.77. The Bertz CT molecular complexity index is 393. The Labute approximate surface area is 107 Å². The Kier molecular flexibility index (Phi) is 4.97. The summed E-state index contributed by atoms with van der Waals surface area (Å²) in [4.78, 5) is 11.1. The second kappa shape index (κ2) is 6.03. The zero-order chi connectivity index (χ0) is 13.0. The van der Waals surface area contributed by atoms with Gasteiger partial charge in [-0.3, -0.25) is 10.1 Å². The molecule has 94 valence electrons. The number of rotatable bonds is 5. The van der Waals surface area contributed by atoms with Gasteiger partial charge in [0.25, 0.3) is 0 Å². The van der Waals surface area contributed by atoms with Crippen molar-refractivity contribution in [3.63, 3.8) is 0 Å². The van der Waals surface area contributed by atoms with E-state index in [9.17, 15) is 4.79 Å². The van der Waals surface area contributed by atoms with Crippen LogP contribution in [-0.4, -0.2) is 17.1 Å². The van der Waals surface area contributed by atoms with Gasteiger partial charge in [0.05, 0.1) is 0 Å². The van der Waals surface area contributed by atoms with Crippen LogP contribution in [0.3, 0.4) is 0 Å². The van der Waals surface area contributed by atoms with Gasteiger partial charge in [0.15, 0.2) is 0 Å². The van der Waals surface area contributed by atoms with E-state index in [1.54, 1.807) is 6.07 Å². The van der Waals surface area contributed by atoms with E-state index < -0.39 is 12.0 Å². The normalized spacial score (nSPS) is 14.6. The summed E-state index contributed by atoms with van der Waals surface area (Å²) in [6.45, 7) is 5.71. The van der Waals surface area contributed by atoms with Gasteiger partial charge < -0.3 is 5.11 Å². The monoisotopic (exact) mass is 255 g/mol. The van der Waals surface area contributed by atoms with Crippen LogP contribution in [0.1, 0.15) is 32.4 Å². The summed E-state index contributed by atoms with van der Waals surface area (Å²) >= 11 is 5.91. The Hall–Kier alpha value is -1.06. The molecule has 0 amide bonds. The summed E-state index contributed by atoms with van der Waals surface area (Å²) in [6, 6.07) is 6.85. The molecule has 1 rings (SSSR count). The minimum atomic E-state index is -0.825. The third-order valence-corrected chi connectivity index (χ3v) is 2.95. The van der Waals surface area contributed by atoms with Crippen molar-refractivity contribution in [3.8, 4) is 0 Å². The van der Waals surface area contributed by atoms with Crippen LogP contribution in [0.15, 0.2) is 24.3 Å². The number of hydrogen-bond donors (Lipinski definition) is 2. The summed E-state index contributed by atoms with van der Waals surface area (Å²) in [5, 5.41) is 12.9. The van der Waals surface area contributed by atoms with Crippen LogP contribution in [0, 0.1) is 5.92 Å². The van der Waals surface area contributed by atoms with Crippen molar-refractivity contribution in [1.29, 1.82) is 0 Å². The molecule has 1 unspecified atom stereocenters. The van der Waals surface area contributed by atoms with Crippen LogP contribution in [0.4, 0.5) is 0 Å². The molecular weight excluding hydrogens is 238 g/mol. The van der Waals surface area contributed by atoms with Gasteiger partial charge in [-0.05, 0) is 30.5 Å². The van der Waals surface area contributed by atoms with Crippen LogP contribution in [0.25, 0.3) is 0 Å². The van der Waals surface area contributed by atoms with Gasteiger partial charge in [-0.2, -0.15) is 0 Å². The van der Waals surface area contributed by atoms with Gasteiger partial charge in [0, 0.05) is 11.1 Å². The lowest BCUT2D eigenvalue weighted by Gasteiger charge is -2.23. The van der Waals surface area contributed by atoms with Crippen LogP contribution < -0.4 is 5.32 Å². The summed E-state index contributed by atoms with van der Waals surface area (Å²) in [5.41, 5.74) is 0.990. The number of hydrogen-bond acceptors (Lipinski definition) is 2. The topological polar surface area (TPSA) is 49.3 Å². The summed E-state index contributed by atoms with van der Waals surface area (Å²) < 4.78 is 0. The largest absolute Gasteiger partial charge is 0.480 e. The molecule has 0 heterocycles. The first kappa shape index (κ1) is 14.0. The summed E-state index contributed by atoms with van der Waals surface area (Å²) in [7, 11) is 0. The third kappa shape index (κ3) is 4.02. The number of carbonyl (C=O) groups is 1. The zero-order valence-electron chi connectivity index (χ0n) is 10.3. The van der Waals surface area contributed by atoms with Gasteiger partial charge in [-0.25, -0.2) is 0 Å². The first-order valence-corrected chi connectivity index (χ1v) is 6.04. The number of carboxylic acids is 1. The zero-order valence-corrected chi connectivity index (χ0v) is 11.0. The minimum Gasteiger partial charge on any atom is -0.480 e. The second-order valence-corrected chi connectivity index (χ2v) is 4.94. The van der Waals surface area contributed by atoms with Crippen molar-refractivity contribution < 1.29 is 9.90 Å². The Morgan fingerprint density at radius 2 is 2.00 bits per heavy atom. The molecule has 0 saturated heterocycles. The van der Waals surface area contributed by atoms with E-state index in [0.717, 1.165) is 5.56 Å². The Morgan fingerprint density at radius 1 is 1.35 bits per heavy atom. The van der Waals surface area contributed by atoms with Gasteiger partial charge >= 0.3 is 5.97 Å². The minimum absolute atomic E-state index is 0.0362. The van der Waals surface area contributed by atoms with E-state index in [1.807, 2.05) is 39.0 Å². The first-order chi connectivity index (χ1) is 7.91. The molecular formula is C13H18ClNO2. The number of nitrogens with one attached hydrogen (secondary N) is 1. The predicted molar refractivity (Wildman–Crippen MR) is 69.3 cm³/mol. The van der Waals surface area contributed by atoms with Crippen molar-refractivity contribution in [1.82, 2.24) is 5.32 Å². The van der Waals surface area contributed by atoms with Gasteiger partial charge in [-0.15, -0.1) is 0 Å². The van der Waals surface area contributed by atoms with E-state index in [1.165, 1.54) is 0 Å². The molecule has 3 nitrogen and oxygen atoms in total. The molecule has 0 aromatic heterocycles. The maximum atomic E-state index is 11.1. The maximum Gasteiger partial charge on any atom is 0.320 e. The van der Waals surface area contributed by atoms with Crippen molar-refractivity contribution in [2.45, 2.75) is 32.9 Å². The van der Waals surface area contributed by atoms with Crippen LogP contribution in [0.5, 0.6) is 0 Å². The number of halogens is 1. The highest BCUT2D eigenvalue weighted by Gasteiger charge is 2.23. The molecule has 1 aromatic carbocycles. The average Bonchev–Trinajstić information content (AvgIpc) is 2.24. The molecule has 0 aliphatic rings. The van der Waals surface area contributed by atoms with Gasteiger partial charge in [0.2, 0.25) is 0 Å². The molecule has 0 bridgehead atoms. The standard InChI is InChI=1S/C13H18ClNO2/c1-8(2)12(13(16)17)15-9(3)10-5-4-6-11(14)7-10/h4-9,12,15H,1-3H3,(H,16,17)/t9-,12?/m0/s1. The summed E-state index contributed by atoms with van der Waals surface area (Å²) in [5.74, 6) is -0.789. The van der Waals surface area contributed by atoms with E-state index in [2.05, 4.69) is 5.32 Å². The predicted octanol–water partition coefficient (Wildman–Crippen LogP) is 3.10. The van der Waals surface area contributed by atoms with Gasteiger partial charge in [-0.1, -0.05) is 37.6 Å². The quantitative estimate of drug-likeness (QED) is 0.850. The smallest absolute Gasteiger partial charge is 0.320 e. The molecule has 0 radical (unpaired) electrons. The second-order valence-electron chi connectivity index (χ2n) is 4.50. The van der Waals surface area contributed by atoms with Crippen LogP contribution in [-0.2, 0) is 4.79 Å². The van der Waals surface area contributed by atoms with Crippen molar-refractivity contribution in [2.24, 2.45) is 5.92 Å². The van der Waals surface area contributed by atoms with Crippen molar-refractivity contribution >= 4 is 17.6 Å². The molecule has 0 aliphatic heterocycles. The fraction of sp³-hybridized carbons (Fsp3) is 0.462. The van der Waals surface area contributed by atoms with E-state index in [4.69, 9.17) is 16.7 Å². The van der Waals surface area contributed by atoms with Crippen LogP contribution in [0.2, 0.25) is 5.02 Å². The fourth-order valence-corrected chi connectivity index (χ4v) is 1.89. The lowest BCUT2D eigenvalue weighted by atomic mass is 10.0. The number of aliphatic carboxylic acids is 1. The Morgan fingerprint density at radius 3 is 2.47 bits per heavy atom. The molecule has 4 heteroatoms. The first-order valence-electron chi connectivity index (χ1n) is 5.66. The highest BCUT2D eigenvalue weighted by Crippen LogP contribution is 2.19. The highest BCUT2D eigenvalue weighted by atomic mass is 35.5. The van der Waals surface area contributed by atoms with Crippen LogP contribution >= 0.6 is 11.6 Å². The molecule has 0 aliphatic carbocycles. The van der Waals surface area contributed by atoms with Gasteiger partial charge in [0.1, 0.15) is 6.04 Å². The molecule has 0 saturated carbocycles. The summed E-state index contributed by atoms with van der Waals surface area (Å²) in [6.07, 6.45) is 0. The lowest BCUT2D eigenvalue weighted by molar-refractivity contribution is -0.140. The van der Waals surface area contributed by atoms with E-state index in [-0.39, 0.29) is 12.0 Å². The number of benzene rings is 1. The highest BCUT2D eigenvalue weighted by molar-refractivity contribution is 6.30. The van der Waals surface area contributed by atoms with E-state index >= 15 is 0 Å². The molecule has 0 spiro atoms.